The third kappa shape index (κ3) is 2.33. The number of benzene rings is 2. The molecule has 2 rings (SSSR count). The van der Waals surface area contributed by atoms with E-state index in [0.717, 1.165) is 0 Å². The van der Waals surface area contributed by atoms with Crippen LogP contribution in [0.4, 0.5) is 4.39 Å². The monoisotopic (exact) mass is 284 g/mol. The van der Waals surface area contributed by atoms with Gasteiger partial charge in [0, 0.05) is 5.56 Å². The molecule has 0 amide bonds. The Bertz CT molecular complexity index is 626. The smallest absolute Gasteiger partial charge is 0.336 e. The van der Waals surface area contributed by atoms with Gasteiger partial charge >= 0.3 is 5.97 Å². The van der Waals surface area contributed by atoms with E-state index in [-0.39, 0.29) is 16.1 Å². The summed E-state index contributed by atoms with van der Waals surface area (Å²) in [6.07, 6.45) is 0. The van der Waals surface area contributed by atoms with Crippen LogP contribution in [0.5, 0.6) is 0 Å². The summed E-state index contributed by atoms with van der Waals surface area (Å²) in [4.78, 5) is 11.1. The first-order valence-corrected chi connectivity index (χ1v) is 5.73. The fourth-order valence-electron chi connectivity index (χ4n) is 1.65. The van der Waals surface area contributed by atoms with Crippen LogP contribution in [-0.2, 0) is 0 Å². The van der Waals surface area contributed by atoms with Crippen molar-refractivity contribution < 1.29 is 14.3 Å². The zero-order chi connectivity index (χ0) is 13.3. The molecule has 1 N–H and O–H groups in total. The van der Waals surface area contributed by atoms with Gasteiger partial charge in [-0.1, -0.05) is 35.3 Å². The Morgan fingerprint density at radius 1 is 1.11 bits per heavy atom. The van der Waals surface area contributed by atoms with Crippen molar-refractivity contribution in [1.82, 2.24) is 0 Å². The van der Waals surface area contributed by atoms with Crippen molar-refractivity contribution in [3.8, 4) is 11.1 Å². The Labute approximate surface area is 113 Å². The minimum atomic E-state index is -1.20. The van der Waals surface area contributed by atoms with E-state index in [2.05, 4.69) is 0 Å². The molecule has 2 aromatic carbocycles. The maximum atomic E-state index is 13.8. The molecule has 2 aromatic rings. The second kappa shape index (κ2) is 4.96. The van der Waals surface area contributed by atoms with E-state index >= 15 is 0 Å². The van der Waals surface area contributed by atoms with Gasteiger partial charge < -0.3 is 5.11 Å². The van der Waals surface area contributed by atoms with E-state index in [4.69, 9.17) is 28.3 Å². The van der Waals surface area contributed by atoms with Crippen molar-refractivity contribution in [3.05, 3.63) is 57.8 Å². The van der Waals surface area contributed by atoms with Crippen LogP contribution in [0, 0.1) is 5.82 Å². The molecule has 0 spiro atoms. The molecule has 2 nitrogen and oxygen atoms in total. The van der Waals surface area contributed by atoms with Crippen LogP contribution < -0.4 is 0 Å². The van der Waals surface area contributed by atoms with E-state index in [9.17, 15) is 9.18 Å². The summed E-state index contributed by atoms with van der Waals surface area (Å²) in [5.74, 6) is -1.82. The lowest BCUT2D eigenvalue weighted by molar-refractivity contribution is 0.0697. The van der Waals surface area contributed by atoms with Crippen molar-refractivity contribution in [1.29, 1.82) is 0 Å². The quantitative estimate of drug-likeness (QED) is 0.882. The zero-order valence-corrected chi connectivity index (χ0v) is 10.5. The van der Waals surface area contributed by atoms with Crippen LogP contribution in [0.15, 0.2) is 36.4 Å². The van der Waals surface area contributed by atoms with Crippen LogP contribution in [-0.4, -0.2) is 11.1 Å². The van der Waals surface area contributed by atoms with E-state index < -0.39 is 11.8 Å². The zero-order valence-electron chi connectivity index (χ0n) is 8.95. The van der Waals surface area contributed by atoms with Crippen molar-refractivity contribution in [2.45, 2.75) is 0 Å². The number of aromatic carboxylic acids is 1. The highest BCUT2D eigenvalue weighted by molar-refractivity contribution is 6.42. The lowest BCUT2D eigenvalue weighted by atomic mass is 9.99. The number of hydrogen-bond donors (Lipinski definition) is 1. The van der Waals surface area contributed by atoms with Crippen LogP contribution in [0.25, 0.3) is 11.1 Å². The molecule has 0 radical (unpaired) electrons. The van der Waals surface area contributed by atoms with E-state index in [1.54, 1.807) is 0 Å². The third-order valence-electron chi connectivity index (χ3n) is 2.45. The number of halogens is 3. The van der Waals surface area contributed by atoms with E-state index in [0.29, 0.717) is 10.6 Å². The fourth-order valence-corrected chi connectivity index (χ4v) is 1.95. The highest BCUT2D eigenvalue weighted by atomic mass is 35.5. The highest BCUT2D eigenvalue weighted by Gasteiger charge is 2.16. The Kier molecular flexibility index (Phi) is 3.55. The molecule has 0 aliphatic rings. The number of carboxylic acids is 1. The number of rotatable bonds is 2. The van der Waals surface area contributed by atoms with Gasteiger partial charge in [0.05, 0.1) is 15.6 Å². The summed E-state index contributed by atoms with van der Waals surface area (Å²) >= 11 is 11.6. The van der Waals surface area contributed by atoms with Crippen LogP contribution >= 0.6 is 23.2 Å². The molecule has 0 aliphatic heterocycles. The van der Waals surface area contributed by atoms with Gasteiger partial charge in [-0.05, 0) is 29.8 Å². The van der Waals surface area contributed by atoms with E-state index in [1.165, 1.54) is 36.4 Å². The maximum Gasteiger partial charge on any atom is 0.336 e. The largest absolute Gasteiger partial charge is 0.478 e. The third-order valence-corrected chi connectivity index (χ3v) is 3.19. The second-order valence-corrected chi connectivity index (χ2v) is 4.41. The van der Waals surface area contributed by atoms with Crippen molar-refractivity contribution >= 4 is 29.2 Å². The Morgan fingerprint density at radius 3 is 2.44 bits per heavy atom. The number of carboxylic acid groups (broad SMARTS) is 1. The molecule has 0 heterocycles. The molecule has 0 aliphatic carbocycles. The minimum absolute atomic E-state index is 0.00330. The average molecular weight is 285 g/mol. The molecular formula is C13H7Cl2FO2. The average Bonchev–Trinajstić information content (AvgIpc) is 2.32. The molecule has 0 saturated carbocycles. The summed E-state index contributed by atoms with van der Waals surface area (Å²) in [6, 6.07) is 8.35. The lowest BCUT2D eigenvalue weighted by Crippen LogP contribution is -2.01. The molecule has 0 saturated heterocycles. The predicted octanol–water partition coefficient (Wildman–Crippen LogP) is 4.50. The van der Waals surface area contributed by atoms with Crippen molar-refractivity contribution in [2.75, 3.05) is 0 Å². The van der Waals surface area contributed by atoms with Gasteiger partial charge in [-0.2, -0.15) is 0 Å². The molecule has 18 heavy (non-hydrogen) atoms. The second-order valence-electron chi connectivity index (χ2n) is 3.60. The summed E-state index contributed by atoms with van der Waals surface area (Å²) in [5.41, 5.74) is 0.261. The normalized spacial score (nSPS) is 10.4. The van der Waals surface area contributed by atoms with Gasteiger partial charge in [0.25, 0.3) is 0 Å². The fraction of sp³-hybridized carbons (Fsp3) is 0. The van der Waals surface area contributed by atoms with Gasteiger partial charge in [0.2, 0.25) is 0 Å². The van der Waals surface area contributed by atoms with Gasteiger partial charge in [-0.25, -0.2) is 9.18 Å². The molecule has 5 heteroatoms. The maximum absolute atomic E-state index is 13.8. The topological polar surface area (TPSA) is 37.3 Å². The number of hydrogen-bond acceptors (Lipinski definition) is 1. The molecule has 92 valence electrons. The van der Waals surface area contributed by atoms with Crippen LogP contribution in [0.1, 0.15) is 10.4 Å². The summed E-state index contributed by atoms with van der Waals surface area (Å²) in [6.45, 7) is 0. The van der Waals surface area contributed by atoms with Crippen molar-refractivity contribution in [2.24, 2.45) is 0 Å². The first-order valence-electron chi connectivity index (χ1n) is 4.98. The van der Waals surface area contributed by atoms with Gasteiger partial charge in [0.15, 0.2) is 0 Å². The van der Waals surface area contributed by atoms with E-state index in [1.807, 2.05) is 0 Å². The molecule has 0 aromatic heterocycles. The Morgan fingerprint density at radius 2 is 1.83 bits per heavy atom. The van der Waals surface area contributed by atoms with Crippen molar-refractivity contribution in [3.63, 3.8) is 0 Å². The van der Waals surface area contributed by atoms with Gasteiger partial charge in [-0.3, -0.25) is 0 Å². The molecule has 0 bridgehead atoms. The molecule has 0 fully saturated rings. The predicted molar refractivity (Wildman–Crippen MR) is 68.8 cm³/mol. The minimum Gasteiger partial charge on any atom is -0.478 e. The lowest BCUT2D eigenvalue weighted by Gasteiger charge is -2.08. The Hall–Kier alpha value is -1.58. The van der Waals surface area contributed by atoms with Gasteiger partial charge in [0.1, 0.15) is 5.82 Å². The first kappa shape index (κ1) is 12.9. The summed E-state index contributed by atoms with van der Waals surface area (Å²) < 4.78 is 13.8. The molecular weight excluding hydrogens is 278 g/mol. The highest BCUT2D eigenvalue weighted by Crippen LogP contribution is 2.32. The first-order chi connectivity index (χ1) is 8.50. The number of carbonyl (C=O) groups is 1. The molecule has 0 atom stereocenters. The Balaban J connectivity index is 2.69. The SMILES string of the molecule is O=C(O)c1cccc(F)c1-c1ccc(Cl)c(Cl)c1. The van der Waals surface area contributed by atoms with Crippen LogP contribution in [0.2, 0.25) is 10.0 Å². The van der Waals surface area contributed by atoms with Crippen LogP contribution in [0.3, 0.4) is 0 Å². The standard InChI is InChI=1S/C13H7Cl2FO2/c14-9-5-4-7(6-10(9)15)12-8(13(17)18)2-1-3-11(12)16/h1-6H,(H,17,18). The summed E-state index contributed by atoms with van der Waals surface area (Å²) in [7, 11) is 0. The van der Waals surface area contributed by atoms with Gasteiger partial charge in [-0.15, -0.1) is 0 Å². The summed E-state index contributed by atoms with van der Waals surface area (Å²) in [5, 5.41) is 9.62. The molecule has 0 unspecified atom stereocenters.